The van der Waals surface area contributed by atoms with Crippen LogP contribution in [0.15, 0.2) is 30.5 Å². The summed E-state index contributed by atoms with van der Waals surface area (Å²) < 4.78 is 26.5. The van der Waals surface area contributed by atoms with E-state index in [1.165, 1.54) is 0 Å². The van der Waals surface area contributed by atoms with E-state index in [9.17, 15) is 8.42 Å². The standard InChI is InChI=1S/C12H13N3O2S/c13-10-5-6-11(9-2-1-7-14-12(9)10)15-18(16,17)8-3-4-8/h1-2,5-8,15H,3-4,13H2. The van der Waals surface area contributed by atoms with E-state index in [0.717, 1.165) is 18.2 Å². The van der Waals surface area contributed by atoms with Crippen molar-refractivity contribution in [3.63, 3.8) is 0 Å². The molecule has 18 heavy (non-hydrogen) atoms. The summed E-state index contributed by atoms with van der Waals surface area (Å²) in [6.07, 6.45) is 3.11. The Morgan fingerprint density at radius 2 is 2.06 bits per heavy atom. The van der Waals surface area contributed by atoms with Gasteiger partial charge in [0.05, 0.1) is 22.1 Å². The van der Waals surface area contributed by atoms with Crippen molar-refractivity contribution < 1.29 is 8.42 Å². The number of benzene rings is 1. The van der Waals surface area contributed by atoms with Gasteiger partial charge in [0.25, 0.3) is 0 Å². The van der Waals surface area contributed by atoms with E-state index in [1.807, 2.05) is 6.07 Å². The number of pyridine rings is 1. The average molecular weight is 263 g/mol. The Kier molecular flexibility index (Phi) is 2.41. The Hall–Kier alpha value is -1.82. The molecule has 94 valence electrons. The molecule has 1 saturated carbocycles. The molecule has 0 spiro atoms. The molecule has 0 radical (unpaired) electrons. The first kappa shape index (κ1) is 11.3. The third-order valence-electron chi connectivity index (χ3n) is 3.02. The molecule has 3 N–H and O–H groups in total. The molecule has 0 bridgehead atoms. The summed E-state index contributed by atoms with van der Waals surface area (Å²) in [6.45, 7) is 0. The molecule has 5 nitrogen and oxygen atoms in total. The van der Waals surface area contributed by atoms with Crippen LogP contribution >= 0.6 is 0 Å². The van der Waals surface area contributed by atoms with E-state index in [1.54, 1.807) is 24.4 Å². The molecule has 1 aromatic carbocycles. The molecule has 0 amide bonds. The predicted octanol–water partition coefficient (Wildman–Crippen LogP) is 1.72. The fourth-order valence-corrected chi connectivity index (χ4v) is 3.31. The summed E-state index contributed by atoms with van der Waals surface area (Å²) in [5.41, 5.74) is 7.52. The van der Waals surface area contributed by atoms with Gasteiger partial charge in [0, 0.05) is 11.6 Å². The highest BCUT2D eigenvalue weighted by Gasteiger charge is 2.35. The maximum Gasteiger partial charge on any atom is 0.235 e. The monoisotopic (exact) mass is 263 g/mol. The first-order valence-electron chi connectivity index (χ1n) is 5.73. The van der Waals surface area contributed by atoms with Crippen LogP contribution in [-0.4, -0.2) is 18.7 Å². The van der Waals surface area contributed by atoms with Crippen molar-refractivity contribution in [2.24, 2.45) is 0 Å². The van der Waals surface area contributed by atoms with Gasteiger partial charge in [-0.05, 0) is 37.1 Å². The third kappa shape index (κ3) is 1.88. The van der Waals surface area contributed by atoms with Crippen LogP contribution in [0.5, 0.6) is 0 Å². The van der Waals surface area contributed by atoms with E-state index in [-0.39, 0.29) is 5.25 Å². The van der Waals surface area contributed by atoms with Gasteiger partial charge in [0.15, 0.2) is 0 Å². The Morgan fingerprint density at radius 1 is 1.28 bits per heavy atom. The van der Waals surface area contributed by atoms with Crippen molar-refractivity contribution in [3.8, 4) is 0 Å². The molecular weight excluding hydrogens is 250 g/mol. The quantitative estimate of drug-likeness (QED) is 0.826. The summed E-state index contributed by atoms with van der Waals surface area (Å²) in [5.74, 6) is 0. The minimum Gasteiger partial charge on any atom is -0.397 e. The number of hydrogen-bond donors (Lipinski definition) is 2. The zero-order valence-corrected chi connectivity index (χ0v) is 10.4. The molecule has 0 atom stereocenters. The minimum absolute atomic E-state index is 0.248. The van der Waals surface area contributed by atoms with Crippen molar-refractivity contribution in [2.75, 3.05) is 10.5 Å². The second kappa shape index (κ2) is 3.84. The molecule has 3 rings (SSSR count). The molecule has 0 saturated heterocycles. The van der Waals surface area contributed by atoms with Crippen molar-refractivity contribution in [1.29, 1.82) is 0 Å². The fraction of sp³-hybridized carbons (Fsp3) is 0.250. The first-order chi connectivity index (χ1) is 8.58. The number of nitrogens with two attached hydrogens (primary N) is 1. The second-order valence-electron chi connectivity index (χ2n) is 4.45. The molecule has 0 unspecified atom stereocenters. The second-order valence-corrected chi connectivity index (χ2v) is 6.41. The number of rotatable bonds is 3. The van der Waals surface area contributed by atoms with Gasteiger partial charge >= 0.3 is 0 Å². The molecule has 1 aliphatic carbocycles. The summed E-state index contributed by atoms with van der Waals surface area (Å²) >= 11 is 0. The molecular formula is C12H13N3O2S. The molecule has 0 aliphatic heterocycles. The number of nitrogens with one attached hydrogen (secondary N) is 1. The Bertz CT molecular complexity index is 708. The van der Waals surface area contributed by atoms with Crippen molar-refractivity contribution in [1.82, 2.24) is 4.98 Å². The van der Waals surface area contributed by atoms with Crippen molar-refractivity contribution in [2.45, 2.75) is 18.1 Å². The van der Waals surface area contributed by atoms with Crippen LogP contribution in [-0.2, 0) is 10.0 Å². The number of hydrogen-bond acceptors (Lipinski definition) is 4. The summed E-state index contributed by atoms with van der Waals surface area (Å²) in [4.78, 5) is 4.17. The topological polar surface area (TPSA) is 85.1 Å². The van der Waals surface area contributed by atoms with Crippen molar-refractivity contribution >= 4 is 32.3 Å². The highest BCUT2D eigenvalue weighted by molar-refractivity contribution is 7.93. The van der Waals surface area contributed by atoms with Crippen LogP contribution in [0.1, 0.15) is 12.8 Å². The smallest absolute Gasteiger partial charge is 0.235 e. The van der Waals surface area contributed by atoms with Crippen LogP contribution in [0, 0.1) is 0 Å². The third-order valence-corrected chi connectivity index (χ3v) is 4.87. The lowest BCUT2D eigenvalue weighted by molar-refractivity contribution is 0.600. The number of aromatic nitrogens is 1. The zero-order valence-electron chi connectivity index (χ0n) is 9.63. The van der Waals surface area contributed by atoms with Gasteiger partial charge in [0.1, 0.15) is 0 Å². The molecule has 6 heteroatoms. The molecule has 1 aliphatic rings. The Morgan fingerprint density at radius 3 is 2.78 bits per heavy atom. The fourth-order valence-electron chi connectivity index (χ4n) is 1.90. The maximum atomic E-state index is 11.9. The molecule has 1 aromatic heterocycles. The van der Waals surface area contributed by atoms with E-state index in [2.05, 4.69) is 9.71 Å². The normalized spacial score (nSPS) is 15.8. The number of nitrogen functional groups attached to an aromatic ring is 1. The van der Waals surface area contributed by atoms with Crippen LogP contribution in [0.3, 0.4) is 0 Å². The van der Waals surface area contributed by atoms with Gasteiger partial charge in [-0.1, -0.05) is 0 Å². The molecule has 1 heterocycles. The van der Waals surface area contributed by atoms with Gasteiger partial charge < -0.3 is 5.73 Å². The Balaban J connectivity index is 2.10. The highest BCUT2D eigenvalue weighted by atomic mass is 32.2. The number of anilines is 2. The van der Waals surface area contributed by atoms with Crippen LogP contribution in [0.4, 0.5) is 11.4 Å². The number of fused-ring (bicyclic) bond motifs is 1. The zero-order chi connectivity index (χ0) is 12.8. The summed E-state index contributed by atoms with van der Waals surface area (Å²) in [5, 5.41) is 0.475. The summed E-state index contributed by atoms with van der Waals surface area (Å²) in [6, 6.07) is 6.92. The number of nitrogens with zero attached hydrogens (tertiary/aromatic N) is 1. The van der Waals surface area contributed by atoms with Crippen LogP contribution in [0.2, 0.25) is 0 Å². The summed E-state index contributed by atoms with van der Waals surface area (Å²) in [7, 11) is -3.26. The van der Waals surface area contributed by atoms with Gasteiger partial charge in [0.2, 0.25) is 10.0 Å². The highest BCUT2D eigenvalue weighted by Crippen LogP contribution is 2.32. The van der Waals surface area contributed by atoms with Crippen LogP contribution < -0.4 is 10.5 Å². The predicted molar refractivity (Wildman–Crippen MR) is 71.7 cm³/mol. The average Bonchev–Trinajstić information content (AvgIpc) is 3.17. The molecule has 2 aromatic rings. The Labute approximate surface area is 105 Å². The van der Waals surface area contributed by atoms with E-state index in [0.29, 0.717) is 16.9 Å². The van der Waals surface area contributed by atoms with Gasteiger partial charge in [-0.15, -0.1) is 0 Å². The van der Waals surface area contributed by atoms with Gasteiger partial charge in [-0.2, -0.15) is 0 Å². The van der Waals surface area contributed by atoms with E-state index < -0.39 is 10.0 Å². The lowest BCUT2D eigenvalue weighted by Gasteiger charge is -2.10. The lowest BCUT2D eigenvalue weighted by Crippen LogP contribution is -2.17. The van der Waals surface area contributed by atoms with Crippen LogP contribution in [0.25, 0.3) is 10.9 Å². The maximum absolute atomic E-state index is 11.9. The van der Waals surface area contributed by atoms with Crippen molar-refractivity contribution in [3.05, 3.63) is 30.5 Å². The van der Waals surface area contributed by atoms with E-state index in [4.69, 9.17) is 5.73 Å². The number of sulfonamides is 1. The minimum atomic E-state index is -3.26. The first-order valence-corrected chi connectivity index (χ1v) is 7.27. The lowest BCUT2D eigenvalue weighted by atomic mass is 10.1. The largest absolute Gasteiger partial charge is 0.397 e. The van der Waals surface area contributed by atoms with Gasteiger partial charge in [-0.25, -0.2) is 8.42 Å². The SMILES string of the molecule is Nc1ccc(NS(=O)(=O)C2CC2)c2cccnc12. The molecule has 1 fully saturated rings. The van der Waals surface area contributed by atoms with Gasteiger partial charge in [-0.3, -0.25) is 9.71 Å². The van der Waals surface area contributed by atoms with E-state index >= 15 is 0 Å².